The van der Waals surface area contributed by atoms with E-state index in [4.69, 9.17) is 0 Å². The van der Waals surface area contributed by atoms with Crippen molar-refractivity contribution >= 4 is 43.6 Å². The lowest BCUT2D eigenvalue weighted by Gasteiger charge is -2.09. The molecule has 2 aromatic heterocycles. The van der Waals surface area contributed by atoms with Crippen LogP contribution in [0, 0.1) is 0 Å². The fourth-order valence-electron chi connectivity index (χ4n) is 5.23. The number of nitrogens with one attached hydrogen (secondary N) is 1. The predicted molar refractivity (Wildman–Crippen MR) is 136 cm³/mol. The molecule has 0 saturated heterocycles. The third kappa shape index (κ3) is 2.35. The Hall–Kier alpha value is -4.30. The van der Waals surface area contributed by atoms with Crippen LogP contribution in [0.2, 0.25) is 0 Å². The molecule has 7 rings (SSSR count). The number of para-hydroxylation sites is 3. The first kappa shape index (κ1) is 17.4. The first-order valence-electron chi connectivity index (χ1n) is 11.0. The first-order chi connectivity index (χ1) is 15.9. The zero-order valence-corrected chi connectivity index (χ0v) is 17.4. The Morgan fingerprint density at radius 2 is 1.06 bits per heavy atom. The van der Waals surface area contributed by atoms with Crippen molar-refractivity contribution in [2.45, 2.75) is 0 Å². The van der Waals surface area contributed by atoms with Crippen LogP contribution in [0.4, 0.5) is 0 Å². The van der Waals surface area contributed by atoms with Crippen molar-refractivity contribution in [1.29, 1.82) is 0 Å². The minimum Gasteiger partial charge on any atom is -0.354 e. The summed E-state index contributed by atoms with van der Waals surface area (Å²) in [6.45, 7) is 0. The lowest BCUT2D eigenvalue weighted by atomic mass is 9.95. The van der Waals surface area contributed by atoms with Gasteiger partial charge < -0.3 is 9.55 Å². The molecule has 0 unspecified atom stereocenters. The summed E-state index contributed by atoms with van der Waals surface area (Å²) in [4.78, 5) is 3.60. The van der Waals surface area contributed by atoms with Gasteiger partial charge in [-0.15, -0.1) is 0 Å². The van der Waals surface area contributed by atoms with Gasteiger partial charge in [0.05, 0.1) is 11.0 Å². The van der Waals surface area contributed by atoms with Crippen molar-refractivity contribution in [2.75, 3.05) is 0 Å². The number of H-pyrrole nitrogens is 1. The maximum atomic E-state index is 3.60. The van der Waals surface area contributed by atoms with Crippen molar-refractivity contribution < 1.29 is 0 Å². The number of hydrogen-bond acceptors (Lipinski definition) is 0. The van der Waals surface area contributed by atoms with E-state index in [0.717, 1.165) is 0 Å². The van der Waals surface area contributed by atoms with Crippen molar-refractivity contribution in [3.63, 3.8) is 0 Å². The minimum atomic E-state index is 1.17. The average molecular weight is 409 g/mol. The maximum absolute atomic E-state index is 3.60. The van der Waals surface area contributed by atoms with E-state index in [1.807, 2.05) is 0 Å². The van der Waals surface area contributed by atoms with E-state index in [1.54, 1.807) is 0 Å². The minimum absolute atomic E-state index is 1.17. The Labute approximate surface area is 185 Å². The highest BCUT2D eigenvalue weighted by atomic mass is 15.0. The molecule has 5 aromatic carbocycles. The monoisotopic (exact) mass is 408 g/mol. The summed E-state index contributed by atoms with van der Waals surface area (Å²) in [5, 5.41) is 5.12. The third-order valence-corrected chi connectivity index (χ3v) is 6.53. The molecule has 1 N–H and O–H groups in total. The Kier molecular flexibility index (Phi) is 3.58. The summed E-state index contributed by atoms with van der Waals surface area (Å²) in [6, 6.07) is 41.2. The second-order valence-electron chi connectivity index (χ2n) is 8.29. The summed E-state index contributed by atoms with van der Waals surface area (Å²) < 4.78 is 2.38. The van der Waals surface area contributed by atoms with Crippen LogP contribution in [-0.4, -0.2) is 9.55 Å². The molecule has 0 atom stereocenters. The largest absolute Gasteiger partial charge is 0.354 e. The number of rotatable bonds is 2. The highest BCUT2D eigenvalue weighted by Gasteiger charge is 2.18. The molecule has 32 heavy (non-hydrogen) atoms. The van der Waals surface area contributed by atoms with Gasteiger partial charge in [0.2, 0.25) is 0 Å². The molecule has 2 heterocycles. The number of benzene rings is 5. The smallest absolute Gasteiger partial charge is 0.0547 e. The fraction of sp³-hybridized carbons (Fsp3) is 0. The summed E-state index contributed by atoms with van der Waals surface area (Å²) in [5.74, 6) is 0. The standard InChI is InChI=1S/C30H20N2/c1-2-10-20(11-3-1)32-27-18-7-5-13-24(27)30-22(15-9-19-28(30)32)21-14-8-17-26-29(21)23-12-4-6-16-25(23)31-26/h1-19,31H. The van der Waals surface area contributed by atoms with Crippen LogP contribution < -0.4 is 0 Å². The van der Waals surface area contributed by atoms with E-state index in [-0.39, 0.29) is 0 Å². The second kappa shape index (κ2) is 6.60. The Morgan fingerprint density at radius 1 is 0.438 bits per heavy atom. The first-order valence-corrected chi connectivity index (χ1v) is 11.0. The van der Waals surface area contributed by atoms with E-state index in [0.29, 0.717) is 0 Å². The lowest BCUT2D eigenvalue weighted by Crippen LogP contribution is -1.92. The SMILES string of the molecule is c1ccc(-n2c3ccccc3c3c(-c4cccc5[nH]c6ccccc6c45)cccc32)cc1. The lowest BCUT2D eigenvalue weighted by molar-refractivity contribution is 1.18. The van der Waals surface area contributed by atoms with Gasteiger partial charge in [-0.3, -0.25) is 0 Å². The van der Waals surface area contributed by atoms with Crippen molar-refractivity contribution in [1.82, 2.24) is 9.55 Å². The van der Waals surface area contributed by atoms with Gasteiger partial charge in [0.25, 0.3) is 0 Å². The van der Waals surface area contributed by atoms with Gasteiger partial charge in [-0.1, -0.05) is 78.9 Å². The van der Waals surface area contributed by atoms with Gasteiger partial charge in [-0.25, -0.2) is 0 Å². The van der Waals surface area contributed by atoms with Crippen molar-refractivity contribution in [3.05, 3.63) is 115 Å². The van der Waals surface area contributed by atoms with Gasteiger partial charge in [0, 0.05) is 38.3 Å². The summed E-state index contributed by atoms with van der Waals surface area (Å²) in [5.41, 5.74) is 8.52. The number of fused-ring (bicyclic) bond motifs is 6. The van der Waals surface area contributed by atoms with E-state index < -0.39 is 0 Å². The van der Waals surface area contributed by atoms with Crippen LogP contribution in [0.3, 0.4) is 0 Å². The van der Waals surface area contributed by atoms with E-state index in [2.05, 4.69) is 125 Å². The fourth-order valence-corrected chi connectivity index (χ4v) is 5.23. The van der Waals surface area contributed by atoms with Crippen molar-refractivity contribution in [3.8, 4) is 16.8 Å². The highest BCUT2D eigenvalue weighted by molar-refractivity contribution is 6.21. The molecule has 150 valence electrons. The molecule has 2 heteroatoms. The molecule has 0 saturated carbocycles. The number of hydrogen-bond donors (Lipinski definition) is 1. The zero-order valence-electron chi connectivity index (χ0n) is 17.4. The Bertz CT molecular complexity index is 1770. The van der Waals surface area contributed by atoms with Gasteiger partial charge in [-0.05, 0) is 47.5 Å². The molecule has 0 amide bonds. The Morgan fingerprint density at radius 3 is 1.94 bits per heavy atom. The normalized spacial score (nSPS) is 11.8. The zero-order chi connectivity index (χ0) is 21.1. The number of aromatic amines is 1. The molecule has 0 aliphatic carbocycles. The van der Waals surface area contributed by atoms with Crippen LogP contribution in [0.25, 0.3) is 60.4 Å². The molecule has 0 spiro atoms. The van der Waals surface area contributed by atoms with E-state index in [1.165, 1.54) is 60.4 Å². The van der Waals surface area contributed by atoms with Crippen LogP contribution in [0.5, 0.6) is 0 Å². The molecule has 0 fully saturated rings. The van der Waals surface area contributed by atoms with Crippen LogP contribution in [0.1, 0.15) is 0 Å². The maximum Gasteiger partial charge on any atom is 0.0547 e. The summed E-state index contributed by atoms with van der Waals surface area (Å²) in [7, 11) is 0. The quantitative estimate of drug-likeness (QED) is 0.298. The third-order valence-electron chi connectivity index (χ3n) is 6.53. The molecular formula is C30H20N2. The molecule has 0 bridgehead atoms. The topological polar surface area (TPSA) is 20.7 Å². The average Bonchev–Trinajstić information content (AvgIpc) is 3.40. The van der Waals surface area contributed by atoms with E-state index in [9.17, 15) is 0 Å². The van der Waals surface area contributed by atoms with E-state index >= 15 is 0 Å². The van der Waals surface area contributed by atoms with Gasteiger partial charge in [0.1, 0.15) is 0 Å². The predicted octanol–water partition coefficient (Wildman–Crippen LogP) is 8.09. The van der Waals surface area contributed by atoms with Gasteiger partial charge in [-0.2, -0.15) is 0 Å². The molecule has 0 aliphatic heterocycles. The molecule has 0 aliphatic rings. The number of nitrogens with zero attached hydrogens (tertiary/aromatic N) is 1. The second-order valence-corrected chi connectivity index (χ2v) is 8.29. The van der Waals surface area contributed by atoms with Crippen LogP contribution >= 0.6 is 0 Å². The molecule has 0 radical (unpaired) electrons. The Balaban J connectivity index is 1.66. The highest BCUT2D eigenvalue weighted by Crippen LogP contribution is 2.42. The van der Waals surface area contributed by atoms with Gasteiger partial charge >= 0.3 is 0 Å². The van der Waals surface area contributed by atoms with Crippen LogP contribution in [-0.2, 0) is 0 Å². The van der Waals surface area contributed by atoms with Crippen LogP contribution in [0.15, 0.2) is 115 Å². The molecule has 7 aromatic rings. The number of aromatic nitrogens is 2. The molecular weight excluding hydrogens is 388 g/mol. The molecule has 2 nitrogen and oxygen atoms in total. The summed E-state index contributed by atoms with van der Waals surface area (Å²) >= 11 is 0. The van der Waals surface area contributed by atoms with Gasteiger partial charge in [0.15, 0.2) is 0 Å². The summed E-state index contributed by atoms with van der Waals surface area (Å²) in [6.07, 6.45) is 0. The van der Waals surface area contributed by atoms with Crippen molar-refractivity contribution in [2.24, 2.45) is 0 Å².